The van der Waals surface area contributed by atoms with Gasteiger partial charge in [0, 0.05) is 42.3 Å². The summed E-state index contributed by atoms with van der Waals surface area (Å²) in [6, 6.07) is 15.4. The Kier molecular flexibility index (Phi) is 6.79. The van der Waals surface area contributed by atoms with Crippen LogP contribution in [-0.2, 0) is 11.3 Å². The van der Waals surface area contributed by atoms with Gasteiger partial charge in [0.05, 0.1) is 13.7 Å². The van der Waals surface area contributed by atoms with E-state index in [1.807, 2.05) is 59.5 Å². The van der Waals surface area contributed by atoms with Crippen molar-refractivity contribution < 1.29 is 14.1 Å². The lowest BCUT2D eigenvalue weighted by Gasteiger charge is -2.33. The molecule has 0 unspecified atom stereocenters. The summed E-state index contributed by atoms with van der Waals surface area (Å²) >= 11 is 3.50. The summed E-state index contributed by atoms with van der Waals surface area (Å²) < 4.78 is 11.6. The van der Waals surface area contributed by atoms with Crippen molar-refractivity contribution >= 4 is 27.9 Å². The van der Waals surface area contributed by atoms with Gasteiger partial charge in [-0.2, -0.15) is 4.98 Å². The quantitative estimate of drug-likeness (QED) is 0.496. The van der Waals surface area contributed by atoms with Crippen molar-refractivity contribution in [2.75, 3.05) is 33.3 Å². The zero-order chi connectivity index (χ0) is 21.6. The fraction of sp³-hybridized carbons (Fsp3) is 0.261. The Labute approximate surface area is 189 Å². The number of hydrogen-bond acceptors (Lipinski definition) is 6. The maximum absolute atomic E-state index is 12.5. The first-order chi connectivity index (χ1) is 15.1. The Morgan fingerprint density at radius 1 is 1.13 bits per heavy atom. The van der Waals surface area contributed by atoms with E-state index in [0.29, 0.717) is 31.3 Å². The molecule has 1 saturated heterocycles. The van der Waals surface area contributed by atoms with Crippen LogP contribution in [0.3, 0.4) is 0 Å². The molecule has 160 valence electrons. The summed E-state index contributed by atoms with van der Waals surface area (Å²) in [5, 5.41) is 4.08. The van der Waals surface area contributed by atoms with Crippen LogP contribution in [-0.4, -0.2) is 59.1 Å². The summed E-state index contributed by atoms with van der Waals surface area (Å²) in [4.78, 5) is 21.1. The highest BCUT2D eigenvalue weighted by Gasteiger charge is 2.21. The van der Waals surface area contributed by atoms with Gasteiger partial charge < -0.3 is 14.2 Å². The highest BCUT2D eigenvalue weighted by molar-refractivity contribution is 9.10. The number of hydrogen-bond donors (Lipinski definition) is 0. The van der Waals surface area contributed by atoms with Gasteiger partial charge in [0.25, 0.3) is 0 Å². The minimum Gasteiger partial charge on any atom is -0.497 e. The lowest BCUT2D eigenvalue weighted by molar-refractivity contribution is -0.127. The van der Waals surface area contributed by atoms with E-state index in [9.17, 15) is 4.79 Å². The van der Waals surface area contributed by atoms with Crippen LogP contribution in [0.5, 0.6) is 5.75 Å². The Bertz CT molecular complexity index is 1060. The maximum atomic E-state index is 12.5. The van der Waals surface area contributed by atoms with E-state index >= 15 is 0 Å². The molecule has 0 N–H and O–H groups in total. The van der Waals surface area contributed by atoms with Gasteiger partial charge >= 0.3 is 0 Å². The Morgan fingerprint density at radius 2 is 1.87 bits per heavy atom. The molecule has 0 bridgehead atoms. The number of methoxy groups -OCH3 is 1. The normalized spacial score (nSPS) is 14.8. The number of piperazine rings is 1. The number of rotatable bonds is 6. The molecule has 1 aliphatic rings. The van der Waals surface area contributed by atoms with Gasteiger partial charge in [-0.15, -0.1) is 0 Å². The van der Waals surface area contributed by atoms with Gasteiger partial charge in [-0.3, -0.25) is 9.69 Å². The summed E-state index contributed by atoms with van der Waals surface area (Å²) in [5.41, 5.74) is 1.86. The number of amides is 1. The first kappa shape index (κ1) is 21.3. The van der Waals surface area contributed by atoms with Crippen LogP contribution in [0.1, 0.15) is 11.5 Å². The number of aromatic nitrogens is 2. The minimum absolute atomic E-state index is 0.0231. The molecule has 0 saturated carbocycles. The molecule has 1 aromatic heterocycles. The third-order valence-electron chi connectivity index (χ3n) is 5.17. The second-order valence-corrected chi connectivity index (χ2v) is 8.05. The molecule has 0 spiro atoms. The van der Waals surface area contributed by atoms with Crippen molar-refractivity contribution in [3.8, 4) is 17.1 Å². The van der Waals surface area contributed by atoms with Crippen LogP contribution in [0.15, 0.2) is 63.6 Å². The zero-order valence-electron chi connectivity index (χ0n) is 17.2. The summed E-state index contributed by atoms with van der Waals surface area (Å²) in [7, 11) is 1.63. The molecule has 0 radical (unpaired) electrons. The Hall–Kier alpha value is -2.97. The molecule has 3 aromatic rings. The number of benzene rings is 2. The largest absolute Gasteiger partial charge is 0.497 e. The van der Waals surface area contributed by atoms with E-state index in [0.717, 1.165) is 34.4 Å². The van der Waals surface area contributed by atoms with E-state index < -0.39 is 0 Å². The molecule has 7 nitrogen and oxygen atoms in total. The lowest BCUT2D eigenvalue weighted by atomic mass is 10.2. The molecule has 8 heteroatoms. The molecular formula is C23H23BrN4O3. The molecular weight excluding hydrogens is 460 g/mol. The lowest BCUT2D eigenvalue weighted by Crippen LogP contribution is -2.47. The number of carbonyl (C=O) groups excluding carboxylic acids is 1. The predicted octanol–water partition coefficient (Wildman–Crippen LogP) is 3.87. The number of halogens is 1. The van der Waals surface area contributed by atoms with E-state index in [-0.39, 0.29) is 5.91 Å². The Balaban J connectivity index is 1.29. The van der Waals surface area contributed by atoms with Gasteiger partial charge in [-0.25, -0.2) is 0 Å². The van der Waals surface area contributed by atoms with Crippen molar-refractivity contribution in [1.82, 2.24) is 19.9 Å². The highest BCUT2D eigenvalue weighted by atomic mass is 79.9. The van der Waals surface area contributed by atoms with Crippen LogP contribution < -0.4 is 4.74 Å². The van der Waals surface area contributed by atoms with E-state index in [1.165, 1.54) is 0 Å². The van der Waals surface area contributed by atoms with Crippen molar-refractivity contribution in [3.63, 3.8) is 0 Å². The van der Waals surface area contributed by atoms with Gasteiger partial charge in [0.2, 0.25) is 17.6 Å². The van der Waals surface area contributed by atoms with Gasteiger partial charge in [0.1, 0.15) is 5.75 Å². The van der Waals surface area contributed by atoms with E-state index in [2.05, 4.69) is 31.0 Å². The molecule has 31 heavy (non-hydrogen) atoms. The van der Waals surface area contributed by atoms with Gasteiger partial charge in [0.15, 0.2) is 0 Å². The summed E-state index contributed by atoms with van der Waals surface area (Å²) in [6.45, 7) is 3.42. The standard InChI is InChI=1S/C23H23BrN4O3/c1-30-19-9-6-18(7-10-19)23-25-21(31-26-23)16-27-12-14-28(15-13-27)22(29)11-8-17-4-2-3-5-20(17)24/h2-11H,12-16H2,1H3. The van der Waals surface area contributed by atoms with Crippen molar-refractivity contribution in [2.45, 2.75) is 6.54 Å². The first-order valence-electron chi connectivity index (χ1n) is 10.0. The smallest absolute Gasteiger partial charge is 0.246 e. The zero-order valence-corrected chi connectivity index (χ0v) is 18.8. The molecule has 1 aliphatic heterocycles. The molecule has 0 atom stereocenters. The molecule has 4 rings (SSSR count). The first-order valence-corrected chi connectivity index (χ1v) is 10.8. The topological polar surface area (TPSA) is 71.7 Å². The van der Waals surface area contributed by atoms with Crippen molar-refractivity contribution in [3.05, 3.63) is 70.5 Å². The van der Waals surface area contributed by atoms with E-state index in [4.69, 9.17) is 9.26 Å². The molecule has 2 aromatic carbocycles. The van der Waals surface area contributed by atoms with Crippen LogP contribution in [0.2, 0.25) is 0 Å². The number of ether oxygens (including phenoxy) is 1. The fourth-order valence-electron chi connectivity index (χ4n) is 3.37. The highest BCUT2D eigenvalue weighted by Crippen LogP contribution is 2.20. The predicted molar refractivity (Wildman–Crippen MR) is 121 cm³/mol. The van der Waals surface area contributed by atoms with Crippen LogP contribution >= 0.6 is 15.9 Å². The number of carbonyl (C=O) groups is 1. The molecule has 0 aliphatic carbocycles. The van der Waals surface area contributed by atoms with Crippen molar-refractivity contribution in [2.24, 2.45) is 0 Å². The second-order valence-electron chi connectivity index (χ2n) is 7.20. The maximum Gasteiger partial charge on any atom is 0.246 e. The molecule has 1 fully saturated rings. The third-order valence-corrected chi connectivity index (χ3v) is 5.89. The van der Waals surface area contributed by atoms with Crippen molar-refractivity contribution in [1.29, 1.82) is 0 Å². The van der Waals surface area contributed by atoms with Crippen LogP contribution in [0.4, 0.5) is 0 Å². The monoisotopic (exact) mass is 482 g/mol. The van der Waals surface area contributed by atoms with Gasteiger partial charge in [-0.1, -0.05) is 39.3 Å². The summed E-state index contributed by atoms with van der Waals surface area (Å²) in [5.74, 6) is 1.93. The molecule has 1 amide bonds. The van der Waals surface area contributed by atoms with E-state index in [1.54, 1.807) is 13.2 Å². The van der Waals surface area contributed by atoms with Gasteiger partial charge in [-0.05, 0) is 42.0 Å². The fourth-order valence-corrected chi connectivity index (χ4v) is 3.79. The molecule has 2 heterocycles. The average Bonchev–Trinajstić information content (AvgIpc) is 3.27. The second kappa shape index (κ2) is 9.89. The average molecular weight is 483 g/mol. The van der Waals surface area contributed by atoms with Crippen LogP contribution in [0.25, 0.3) is 17.5 Å². The Morgan fingerprint density at radius 3 is 2.58 bits per heavy atom. The SMILES string of the molecule is COc1ccc(-c2noc(CN3CCN(C(=O)C=Cc4ccccc4Br)CC3)n2)cc1. The summed E-state index contributed by atoms with van der Waals surface area (Å²) in [6.07, 6.45) is 3.48. The minimum atomic E-state index is 0.0231. The van der Waals surface area contributed by atoms with Crippen LogP contribution in [0, 0.1) is 0 Å². The number of nitrogens with zero attached hydrogens (tertiary/aromatic N) is 4. The third kappa shape index (κ3) is 5.39.